The van der Waals surface area contributed by atoms with E-state index in [1.807, 2.05) is 0 Å². The number of hydrogen-bond donors (Lipinski definition) is 0. The molecule has 1 atom stereocenters. The van der Waals surface area contributed by atoms with Crippen LogP contribution in [0.15, 0.2) is 18.2 Å². The maximum atomic E-state index is 13.0. The van der Waals surface area contributed by atoms with Crippen LogP contribution in [0.1, 0.15) is 19.4 Å². The molecule has 1 saturated heterocycles. The fourth-order valence-electron chi connectivity index (χ4n) is 2.68. The van der Waals surface area contributed by atoms with Gasteiger partial charge in [-0.3, -0.25) is 14.4 Å². The third-order valence-corrected chi connectivity index (χ3v) is 4.72. The predicted molar refractivity (Wildman–Crippen MR) is 99.0 cm³/mol. The number of rotatable bonds is 7. The van der Waals surface area contributed by atoms with Gasteiger partial charge >= 0.3 is 11.9 Å². The molecule has 0 bridgehead atoms. The minimum Gasteiger partial charge on any atom is -0.422 e. The fraction of sp³-hybridized carbons (Fsp3) is 0.412. The lowest BCUT2D eigenvalue weighted by Crippen LogP contribution is -2.54. The lowest BCUT2D eigenvalue weighted by Gasteiger charge is -2.34. The minimum atomic E-state index is -1.73. The van der Waals surface area contributed by atoms with Gasteiger partial charge in [-0.25, -0.2) is 0 Å². The van der Waals surface area contributed by atoms with Crippen LogP contribution in [0, 0.1) is 5.92 Å². The third kappa shape index (κ3) is 5.09. The van der Waals surface area contributed by atoms with E-state index in [0.29, 0.717) is 21.8 Å². The highest BCUT2D eigenvalue weighted by molar-refractivity contribution is 6.64. The summed E-state index contributed by atoms with van der Waals surface area (Å²) >= 11 is 11.9. The van der Waals surface area contributed by atoms with Crippen LogP contribution in [0.3, 0.4) is 0 Å². The maximum absolute atomic E-state index is 13.0. The minimum absolute atomic E-state index is 0.0804. The van der Waals surface area contributed by atoms with E-state index < -0.39 is 35.5 Å². The molecule has 0 unspecified atom stereocenters. The summed E-state index contributed by atoms with van der Waals surface area (Å²) in [5.74, 6) is -5.88. The zero-order valence-corrected chi connectivity index (χ0v) is 16.4. The largest absolute Gasteiger partial charge is 0.422 e. The molecule has 27 heavy (non-hydrogen) atoms. The molecule has 1 aromatic carbocycles. The van der Waals surface area contributed by atoms with Crippen LogP contribution >= 0.6 is 23.2 Å². The van der Waals surface area contributed by atoms with Crippen LogP contribution in [0.25, 0.3) is 0 Å². The molecular formula is C17H17BCl2NO6. The quantitative estimate of drug-likeness (QED) is 0.291. The summed E-state index contributed by atoms with van der Waals surface area (Å²) < 4.78 is 10.0. The Morgan fingerprint density at radius 2 is 1.85 bits per heavy atom. The monoisotopic (exact) mass is 412 g/mol. The molecule has 7 nitrogen and oxygen atoms in total. The van der Waals surface area contributed by atoms with E-state index >= 15 is 0 Å². The molecule has 1 aliphatic rings. The predicted octanol–water partition coefficient (Wildman–Crippen LogP) is 1.67. The van der Waals surface area contributed by atoms with Crippen LogP contribution in [0.2, 0.25) is 10.0 Å². The number of benzene rings is 1. The van der Waals surface area contributed by atoms with Gasteiger partial charge in [0.05, 0.1) is 22.3 Å². The van der Waals surface area contributed by atoms with Crippen molar-refractivity contribution in [3.8, 4) is 0 Å². The average molecular weight is 413 g/mol. The molecule has 0 saturated carbocycles. The third-order valence-electron chi connectivity index (χ3n) is 3.98. The SMILES string of the molecule is CN([B]C=O)[C@H](Cc1ccc(Cl)c(Cl)c1)C(=O)C1C(=O)OC(C)(C)OC1=O. The normalized spacial score (nSPS) is 17.9. The number of esters is 2. The molecule has 0 N–H and O–H groups in total. The van der Waals surface area contributed by atoms with Crippen molar-refractivity contribution in [2.24, 2.45) is 5.92 Å². The summed E-state index contributed by atoms with van der Waals surface area (Å²) in [5, 5.41) is 0.637. The van der Waals surface area contributed by atoms with Crippen LogP contribution in [-0.4, -0.2) is 55.0 Å². The Morgan fingerprint density at radius 3 is 2.37 bits per heavy atom. The molecule has 1 radical (unpaired) electrons. The second kappa shape index (κ2) is 8.41. The Bertz CT molecular complexity index is 765. The summed E-state index contributed by atoms with van der Waals surface area (Å²) in [6, 6.07) is 3.79. The van der Waals surface area contributed by atoms with Gasteiger partial charge in [0.25, 0.3) is 13.2 Å². The molecule has 0 aromatic heterocycles. The highest BCUT2D eigenvalue weighted by Crippen LogP contribution is 2.27. The van der Waals surface area contributed by atoms with Crippen molar-refractivity contribution >= 4 is 54.5 Å². The molecule has 143 valence electrons. The summed E-state index contributed by atoms with van der Waals surface area (Å²) in [5.41, 5.74) is 0.631. The van der Waals surface area contributed by atoms with Crippen LogP contribution < -0.4 is 0 Å². The zero-order valence-electron chi connectivity index (χ0n) is 14.9. The Balaban J connectivity index is 2.31. The van der Waals surface area contributed by atoms with Gasteiger partial charge in [0, 0.05) is 13.8 Å². The summed E-state index contributed by atoms with van der Waals surface area (Å²) in [6.45, 7) is 2.78. The Hall–Kier alpha value is -1.90. The first kappa shape index (κ1) is 21.4. The molecule has 1 heterocycles. The van der Waals surface area contributed by atoms with Gasteiger partial charge in [-0.2, -0.15) is 0 Å². The van der Waals surface area contributed by atoms with Crippen molar-refractivity contribution in [2.75, 3.05) is 7.05 Å². The number of cyclic esters (lactones) is 2. The molecule has 0 amide bonds. The Labute approximate surface area is 167 Å². The van der Waals surface area contributed by atoms with Crippen molar-refractivity contribution < 1.29 is 28.7 Å². The van der Waals surface area contributed by atoms with E-state index in [9.17, 15) is 19.2 Å². The number of hydrogen-bond acceptors (Lipinski definition) is 7. The first-order chi connectivity index (χ1) is 12.6. The van der Waals surface area contributed by atoms with Gasteiger partial charge in [0.15, 0.2) is 5.78 Å². The lowest BCUT2D eigenvalue weighted by atomic mass is 9.85. The molecule has 1 fully saturated rings. The molecule has 1 aromatic rings. The molecule has 1 aliphatic heterocycles. The smallest absolute Gasteiger partial charge is 0.331 e. The second-order valence-electron chi connectivity index (χ2n) is 6.50. The van der Waals surface area contributed by atoms with E-state index in [-0.39, 0.29) is 6.42 Å². The highest BCUT2D eigenvalue weighted by Gasteiger charge is 2.49. The van der Waals surface area contributed by atoms with Gasteiger partial charge in [0.1, 0.15) is 0 Å². The molecule has 0 aliphatic carbocycles. The first-order valence-corrected chi connectivity index (χ1v) is 8.75. The van der Waals surface area contributed by atoms with E-state index in [1.165, 1.54) is 25.7 Å². The standard InChI is InChI=1S/C17H17BCl2NO6/c1-17(2)26-15(24)13(16(25)27-17)14(23)12(21(3)18-8-22)7-9-4-5-10(19)11(20)6-9/h4-6,8,12-13H,7H2,1-3H3/t12-/m1/s1. The lowest BCUT2D eigenvalue weighted by molar-refractivity contribution is -0.238. The average Bonchev–Trinajstić information content (AvgIpc) is 2.53. The van der Waals surface area contributed by atoms with Crippen molar-refractivity contribution in [3.05, 3.63) is 33.8 Å². The van der Waals surface area contributed by atoms with Gasteiger partial charge in [-0.15, -0.1) is 0 Å². The molecule has 2 rings (SSSR count). The molecule has 0 spiro atoms. The Kier molecular flexibility index (Phi) is 6.67. The number of nitrogens with zero attached hydrogens (tertiary/aromatic N) is 1. The van der Waals surface area contributed by atoms with Crippen LogP contribution in [-0.2, 0) is 35.1 Å². The van der Waals surface area contributed by atoms with Gasteiger partial charge in [-0.1, -0.05) is 29.3 Å². The first-order valence-electron chi connectivity index (χ1n) is 7.99. The van der Waals surface area contributed by atoms with Crippen molar-refractivity contribution in [1.29, 1.82) is 0 Å². The second-order valence-corrected chi connectivity index (χ2v) is 7.31. The van der Waals surface area contributed by atoms with Gasteiger partial charge in [0.2, 0.25) is 5.92 Å². The van der Waals surface area contributed by atoms with E-state index in [0.717, 1.165) is 7.41 Å². The highest BCUT2D eigenvalue weighted by atomic mass is 35.5. The van der Waals surface area contributed by atoms with Crippen molar-refractivity contribution in [3.63, 3.8) is 0 Å². The van der Waals surface area contributed by atoms with Crippen LogP contribution in [0.5, 0.6) is 0 Å². The zero-order chi connectivity index (χ0) is 20.4. The van der Waals surface area contributed by atoms with Crippen LogP contribution in [0.4, 0.5) is 0 Å². The van der Waals surface area contributed by atoms with Gasteiger partial charge in [-0.05, 0) is 31.2 Å². The maximum Gasteiger partial charge on any atom is 0.331 e. The van der Waals surface area contributed by atoms with Crippen molar-refractivity contribution in [1.82, 2.24) is 4.81 Å². The summed E-state index contributed by atoms with van der Waals surface area (Å²) in [7, 11) is 2.61. The summed E-state index contributed by atoms with van der Waals surface area (Å²) in [4.78, 5) is 49.6. The van der Waals surface area contributed by atoms with E-state index in [1.54, 1.807) is 18.2 Å². The number of likely N-dealkylation sites (N-methyl/N-ethyl adjacent to an activating group) is 1. The number of carbonyl (C=O) groups excluding carboxylic acids is 4. The van der Waals surface area contributed by atoms with Crippen molar-refractivity contribution in [2.45, 2.75) is 32.1 Å². The molecule has 10 heteroatoms. The Morgan fingerprint density at radius 1 is 1.26 bits per heavy atom. The fourth-order valence-corrected chi connectivity index (χ4v) is 3.00. The van der Waals surface area contributed by atoms with E-state index in [4.69, 9.17) is 32.7 Å². The number of halogens is 2. The topological polar surface area (TPSA) is 90.0 Å². The van der Waals surface area contributed by atoms with Gasteiger partial charge < -0.3 is 19.1 Å². The number of ether oxygens (including phenoxy) is 2. The number of carbonyl (C=O) groups is 4. The summed E-state index contributed by atoms with van der Waals surface area (Å²) in [6.07, 6.45) is 0.576. The molecular weight excluding hydrogens is 396 g/mol. The number of Topliss-reactive ketones (excluding diaryl/α,β-unsaturated/α-hetero) is 1. The number of ketones is 1. The van der Waals surface area contributed by atoms with E-state index in [2.05, 4.69) is 0 Å².